The Morgan fingerprint density at radius 2 is 1.82 bits per heavy atom. The highest BCUT2D eigenvalue weighted by Crippen LogP contribution is 2.51. The third kappa shape index (κ3) is 5.13. The SMILES string of the molecule is C[C@@H](c1ccccc1)N1C(=O)[C@@H]2[C@H]3[C@H](O)[C@H](O)CC(=NOC[C@@H](O)COCc4ccco4)[C@H]3CC[C@H]2C1=O. The fourth-order valence-corrected chi connectivity index (χ4v) is 6.21. The van der Waals surface area contributed by atoms with Gasteiger partial charge in [0.1, 0.15) is 25.1 Å². The van der Waals surface area contributed by atoms with Crippen LogP contribution in [0.5, 0.6) is 0 Å². The highest BCUT2D eigenvalue weighted by Gasteiger charge is 2.60. The van der Waals surface area contributed by atoms with Crippen molar-refractivity contribution in [2.75, 3.05) is 13.2 Å². The van der Waals surface area contributed by atoms with Crippen molar-refractivity contribution in [2.24, 2.45) is 28.8 Å². The summed E-state index contributed by atoms with van der Waals surface area (Å²) >= 11 is 0. The van der Waals surface area contributed by atoms with Crippen LogP contribution in [0.25, 0.3) is 0 Å². The lowest BCUT2D eigenvalue weighted by atomic mass is 9.60. The quantitative estimate of drug-likeness (QED) is 0.333. The largest absolute Gasteiger partial charge is 0.467 e. The number of imide groups is 1. The van der Waals surface area contributed by atoms with E-state index in [9.17, 15) is 24.9 Å². The van der Waals surface area contributed by atoms with Crippen LogP contribution in [0.2, 0.25) is 0 Å². The first-order valence-corrected chi connectivity index (χ1v) is 13.1. The van der Waals surface area contributed by atoms with Gasteiger partial charge in [-0.15, -0.1) is 0 Å². The Balaban J connectivity index is 1.26. The minimum absolute atomic E-state index is 0.0226. The van der Waals surface area contributed by atoms with Crippen molar-refractivity contribution in [3.8, 4) is 0 Å². The average molecular weight is 527 g/mol. The number of aliphatic hydroxyl groups excluding tert-OH is 3. The maximum absolute atomic E-state index is 13.7. The zero-order chi connectivity index (χ0) is 26.8. The van der Waals surface area contributed by atoms with Crippen LogP contribution in [0.4, 0.5) is 0 Å². The molecule has 10 heteroatoms. The van der Waals surface area contributed by atoms with E-state index in [1.807, 2.05) is 37.3 Å². The Hall–Kier alpha value is -3.05. The number of benzene rings is 1. The standard InChI is InChI=1S/C28H34N2O8/c1-16(17-6-3-2-4-7-17)30-27(34)21-10-9-20-22(12-23(32)26(33)24(20)25(21)28(30)35)29-38-14-18(31)13-36-15-19-8-5-11-37-19/h2-8,11,16,18,20-21,23-26,31-33H,9-10,12-15H2,1H3/t16-,18-,20+,21+,23+,24-,25-,26+/m0/s1. The first kappa shape index (κ1) is 26.6. The minimum atomic E-state index is -1.16. The molecule has 10 nitrogen and oxygen atoms in total. The van der Waals surface area contributed by atoms with Gasteiger partial charge in [-0.2, -0.15) is 0 Å². The molecule has 0 unspecified atom stereocenters. The Labute approximate surface area is 220 Å². The van der Waals surface area contributed by atoms with E-state index in [4.69, 9.17) is 14.0 Å². The lowest BCUT2D eigenvalue weighted by Crippen LogP contribution is -2.54. The van der Waals surface area contributed by atoms with Gasteiger partial charge in [-0.1, -0.05) is 35.5 Å². The molecule has 38 heavy (non-hydrogen) atoms. The number of hydrogen-bond donors (Lipinski definition) is 3. The van der Waals surface area contributed by atoms with E-state index in [-0.39, 0.29) is 44.0 Å². The van der Waals surface area contributed by atoms with Crippen LogP contribution >= 0.6 is 0 Å². The number of carbonyl (C=O) groups excluding carboxylic acids is 2. The average Bonchev–Trinajstić information content (AvgIpc) is 3.53. The molecule has 0 bridgehead atoms. The number of furan rings is 1. The van der Waals surface area contributed by atoms with Crippen LogP contribution in [-0.4, -0.2) is 69.3 Å². The van der Waals surface area contributed by atoms with Gasteiger partial charge < -0.3 is 29.3 Å². The fraction of sp³-hybridized carbons (Fsp3) is 0.536. The number of rotatable bonds is 9. The van der Waals surface area contributed by atoms with Crippen LogP contribution in [0.3, 0.4) is 0 Å². The molecule has 2 heterocycles. The van der Waals surface area contributed by atoms with Gasteiger partial charge in [0.25, 0.3) is 0 Å². The zero-order valence-electron chi connectivity index (χ0n) is 21.3. The summed E-state index contributed by atoms with van der Waals surface area (Å²) < 4.78 is 10.6. The number of nitrogens with zero attached hydrogens (tertiary/aromatic N) is 2. The molecular weight excluding hydrogens is 492 g/mol. The summed E-state index contributed by atoms with van der Waals surface area (Å²) in [5.41, 5.74) is 1.39. The van der Waals surface area contributed by atoms with E-state index >= 15 is 0 Å². The van der Waals surface area contributed by atoms with Gasteiger partial charge in [0.2, 0.25) is 11.8 Å². The summed E-state index contributed by atoms with van der Waals surface area (Å²) in [7, 11) is 0. The van der Waals surface area contributed by atoms with Crippen molar-refractivity contribution in [2.45, 2.75) is 57.1 Å². The Kier molecular flexibility index (Phi) is 7.94. The molecule has 204 valence electrons. The fourth-order valence-electron chi connectivity index (χ4n) is 6.21. The van der Waals surface area contributed by atoms with Crippen LogP contribution in [0.15, 0.2) is 58.3 Å². The molecule has 2 aliphatic carbocycles. The molecule has 8 atom stereocenters. The van der Waals surface area contributed by atoms with Crippen molar-refractivity contribution in [1.29, 1.82) is 0 Å². The van der Waals surface area contributed by atoms with Gasteiger partial charge in [0, 0.05) is 18.3 Å². The molecule has 3 N–H and O–H groups in total. The number of amides is 2. The maximum atomic E-state index is 13.7. The van der Waals surface area contributed by atoms with E-state index < -0.39 is 42.1 Å². The molecule has 1 aromatic heterocycles. The van der Waals surface area contributed by atoms with Crippen LogP contribution in [0, 0.1) is 23.7 Å². The van der Waals surface area contributed by atoms with E-state index in [0.29, 0.717) is 24.3 Å². The van der Waals surface area contributed by atoms with E-state index in [1.165, 1.54) is 4.90 Å². The summed E-state index contributed by atoms with van der Waals surface area (Å²) in [5.74, 6) is -2.13. The number of carbonyl (C=O) groups is 2. The van der Waals surface area contributed by atoms with Gasteiger partial charge in [-0.3, -0.25) is 14.5 Å². The van der Waals surface area contributed by atoms with Gasteiger partial charge in [0.15, 0.2) is 0 Å². The highest BCUT2D eigenvalue weighted by atomic mass is 16.6. The van der Waals surface area contributed by atoms with Crippen molar-refractivity contribution >= 4 is 17.5 Å². The topological polar surface area (TPSA) is 142 Å². The van der Waals surface area contributed by atoms with Crippen molar-refractivity contribution in [1.82, 2.24) is 4.90 Å². The Morgan fingerprint density at radius 3 is 2.55 bits per heavy atom. The molecule has 1 aromatic carbocycles. The lowest BCUT2D eigenvalue weighted by Gasteiger charge is -2.45. The number of oxime groups is 1. The summed E-state index contributed by atoms with van der Waals surface area (Å²) in [6.07, 6.45) is -0.558. The monoisotopic (exact) mass is 526 g/mol. The number of hydrogen-bond acceptors (Lipinski definition) is 9. The number of likely N-dealkylation sites (tertiary alicyclic amines) is 1. The highest BCUT2D eigenvalue weighted by molar-refractivity contribution is 6.06. The zero-order valence-corrected chi connectivity index (χ0v) is 21.3. The molecule has 0 radical (unpaired) electrons. The first-order chi connectivity index (χ1) is 18.4. The van der Waals surface area contributed by atoms with Crippen molar-refractivity contribution in [3.63, 3.8) is 0 Å². The molecule has 2 aromatic rings. The molecule has 2 amide bonds. The summed E-state index contributed by atoms with van der Waals surface area (Å²) in [5, 5.41) is 36.0. The van der Waals surface area contributed by atoms with Crippen molar-refractivity contribution in [3.05, 3.63) is 60.1 Å². The van der Waals surface area contributed by atoms with Gasteiger partial charge in [0.05, 0.1) is 48.7 Å². The summed E-state index contributed by atoms with van der Waals surface area (Å²) in [4.78, 5) is 33.8. The summed E-state index contributed by atoms with van der Waals surface area (Å²) in [6.45, 7) is 1.95. The minimum Gasteiger partial charge on any atom is -0.467 e. The van der Waals surface area contributed by atoms with Crippen LogP contribution in [0.1, 0.15) is 43.6 Å². The van der Waals surface area contributed by atoms with E-state index in [1.54, 1.807) is 18.4 Å². The normalized spacial score (nSPS) is 31.7. The molecule has 5 rings (SSSR count). The number of ether oxygens (including phenoxy) is 1. The molecule has 1 saturated heterocycles. The second-order valence-electron chi connectivity index (χ2n) is 10.4. The molecule has 1 aliphatic heterocycles. The molecular formula is C28H34N2O8. The third-order valence-corrected chi connectivity index (χ3v) is 8.07. The second-order valence-corrected chi connectivity index (χ2v) is 10.4. The molecule has 3 aliphatic rings. The van der Waals surface area contributed by atoms with E-state index in [2.05, 4.69) is 5.16 Å². The van der Waals surface area contributed by atoms with Crippen LogP contribution in [-0.2, 0) is 25.8 Å². The summed E-state index contributed by atoms with van der Waals surface area (Å²) in [6, 6.07) is 12.5. The van der Waals surface area contributed by atoms with Crippen LogP contribution < -0.4 is 0 Å². The molecule has 0 spiro atoms. The lowest BCUT2D eigenvalue weighted by molar-refractivity contribution is -0.144. The predicted molar refractivity (Wildman–Crippen MR) is 134 cm³/mol. The Morgan fingerprint density at radius 1 is 1.05 bits per heavy atom. The maximum Gasteiger partial charge on any atom is 0.234 e. The number of fused-ring (bicyclic) bond motifs is 3. The molecule has 3 fully saturated rings. The third-order valence-electron chi connectivity index (χ3n) is 8.07. The smallest absolute Gasteiger partial charge is 0.234 e. The molecule has 2 saturated carbocycles. The van der Waals surface area contributed by atoms with Gasteiger partial charge in [-0.25, -0.2) is 0 Å². The predicted octanol–water partition coefficient (Wildman–Crippen LogP) is 2.04. The van der Waals surface area contributed by atoms with E-state index in [0.717, 1.165) is 5.56 Å². The van der Waals surface area contributed by atoms with Gasteiger partial charge >= 0.3 is 0 Å². The van der Waals surface area contributed by atoms with Gasteiger partial charge in [-0.05, 0) is 37.5 Å². The first-order valence-electron chi connectivity index (χ1n) is 13.1. The number of aliphatic hydroxyl groups is 3. The second kappa shape index (κ2) is 11.4. The Bertz CT molecular complexity index is 1140. The van der Waals surface area contributed by atoms with Crippen molar-refractivity contribution < 1.29 is 38.9 Å².